The Balaban J connectivity index is 1.82. The monoisotopic (exact) mass is 350 g/mol. The predicted molar refractivity (Wildman–Crippen MR) is 88.8 cm³/mol. The highest BCUT2D eigenvalue weighted by Gasteiger charge is 2.17. The predicted octanol–water partition coefficient (Wildman–Crippen LogP) is 4.03. The molecule has 0 unspecified atom stereocenters. The Kier molecular flexibility index (Phi) is 4.45. The third-order valence-corrected chi connectivity index (χ3v) is 4.94. The van der Waals surface area contributed by atoms with Crippen LogP contribution in [0.5, 0.6) is 5.88 Å². The number of carbonyl (C=O) groups is 1. The van der Waals surface area contributed by atoms with Gasteiger partial charge in [0.25, 0.3) is 5.91 Å². The number of thiophene rings is 1. The topological polar surface area (TPSA) is 51.2 Å². The Labute approximate surface area is 140 Å². The lowest BCUT2D eigenvalue weighted by molar-refractivity contribution is 0.0955. The second kappa shape index (κ2) is 6.52. The van der Waals surface area contributed by atoms with Crippen molar-refractivity contribution >= 4 is 38.9 Å². The molecule has 0 radical (unpaired) electrons. The van der Waals surface area contributed by atoms with Crippen molar-refractivity contribution in [2.24, 2.45) is 0 Å². The van der Waals surface area contributed by atoms with Gasteiger partial charge >= 0.3 is 0 Å². The van der Waals surface area contributed by atoms with E-state index in [2.05, 4.69) is 10.3 Å². The van der Waals surface area contributed by atoms with Crippen LogP contribution in [0, 0.1) is 5.82 Å². The third kappa shape index (κ3) is 3.13. The summed E-state index contributed by atoms with van der Waals surface area (Å²) in [5.74, 6) is -0.220. The summed E-state index contributed by atoms with van der Waals surface area (Å²) in [6.45, 7) is 0.259. The molecule has 0 saturated carbocycles. The van der Waals surface area contributed by atoms with Crippen LogP contribution in [0.3, 0.4) is 0 Å². The minimum Gasteiger partial charge on any atom is -0.481 e. The summed E-state index contributed by atoms with van der Waals surface area (Å²) in [4.78, 5) is 16.8. The number of pyridine rings is 1. The van der Waals surface area contributed by atoms with Gasteiger partial charge in [-0.25, -0.2) is 9.37 Å². The number of fused-ring (bicyclic) bond motifs is 1. The van der Waals surface area contributed by atoms with Gasteiger partial charge in [-0.15, -0.1) is 11.3 Å². The zero-order chi connectivity index (χ0) is 16.4. The molecule has 0 aliphatic heterocycles. The first-order chi connectivity index (χ1) is 11.1. The summed E-state index contributed by atoms with van der Waals surface area (Å²) >= 11 is 7.40. The van der Waals surface area contributed by atoms with Crippen molar-refractivity contribution in [3.05, 3.63) is 57.8 Å². The molecule has 0 atom stereocenters. The van der Waals surface area contributed by atoms with Crippen LogP contribution in [0.1, 0.15) is 15.2 Å². The molecule has 0 aliphatic rings. The fourth-order valence-corrected chi connectivity index (χ4v) is 3.64. The van der Waals surface area contributed by atoms with E-state index in [1.165, 1.54) is 19.2 Å². The number of aromatic nitrogens is 1. The maximum absolute atomic E-state index is 13.3. The smallest absolute Gasteiger partial charge is 0.263 e. The highest BCUT2D eigenvalue weighted by atomic mass is 35.5. The molecule has 0 fully saturated rings. The molecule has 23 heavy (non-hydrogen) atoms. The molecule has 3 rings (SSSR count). The molecule has 0 saturated heterocycles. The van der Waals surface area contributed by atoms with Crippen molar-refractivity contribution in [2.75, 3.05) is 7.11 Å². The second-order valence-corrected chi connectivity index (χ2v) is 6.17. The standard InChI is InChI=1S/C16H12ClFN2O2S/c1-22-16-9(3-2-6-19-16)8-20-15(21)14-13(17)11-5-4-10(18)7-12(11)23-14/h2-7H,8H2,1H3,(H,20,21). The summed E-state index contributed by atoms with van der Waals surface area (Å²) in [5.41, 5.74) is 0.756. The number of carbonyl (C=O) groups excluding carboxylic acids is 1. The molecule has 1 N–H and O–H groups in total. The Morgan fingerprint density at radius 1 is 1.43 bits per heavy atom. The van der Waals surface area contributed by atoms with Gasteiger partial charge in [-0.1, -0.05) is 17.7 Å². The molecular formula is C16H12ClFN2O2S. The molecule has 0 bridgehead atoms. The minimum atomic E-state index is -0.359. The number of ether oxygens (including phenoxy) is 1. The maximum Gasteiger partial charge on any atom is 0.263 e. The molecule has 0 spiro atoms. The Hall–Kier alpha value is -2.18. The molecule has 3 aromatic rings. The lowest BCUT2D eigenvalue weighted by atomic mass is 10.2. The van der Waals surface area contributed by atoms with E-state index < -0.39 is 0 Å². The van der Waals surface area contributed by atoms with Gasteiger partial charge in [0, 0.05) is 28.4 Å². The van der Waals surface area contributed by atoms with Crippen LogP contribution >= 0.6 is 22.9 Å². The lowest BCUT2D eigenvalue weighted by Crippen LogP contribution is -2.22. The van der Waals surface area contributed by atoms with Crippen LogP contribution in [0.25, 0.3) is 10.1 Å². The van der Waals surface area contributed by atoms with Gasteiger partial charge in [0.15, 0.2) is 0 Å². The van der Waals surface area contributed by atoms with Crippen molar-refractivity contribution in [3.8, 4) is 5.88 Å². The maximum atomic E-state index is 13.3. The van der Waals surface area contributed by atoms with Crippen molar-refractivity contribution in [1.29, 1.82) is 0 Å². The van der Waals surface area contributed by atoms with E-state index in [1.807, 2.05) is 6.07 Å². The van der Waals surface area contributed by atoms with E-state index in [-0.39, 0.29) is 18.3 Å². The summed E-state index contributed by atoms with van der Waals surface area (Å²) in [5, 5.41) is 3.78. The van der Waals surface area contributed by atoms with Crippen LogP contribution in [0.2, 0.25) is 5.02 Å². The molecule has 0 aliphatic carbocycles. The number of amides is 1. The van der Waals surface area contributed by atoms with Gasteiger partial charge in [0.2, 0.25) is 5.88 Å². The van der Waals surface area contributed by atoms with Crippen molar-refractivity contribution < 1.29 is 13.9 Å². The van der Waals surface area contributed by atoms with E-state index in [4.69, 9.17) is 16.3 Å². The number of benzene rings is 1. The van der Waals surface area contributed by atoms with Gasteiger partial charge < -0.3 is 10.1 Å². The number of hydrogen-bond acceptors (Lipinski definition) is 4. The highest BCUT2D eigenvalue weighted by molar-refractivity contribution is 7.21. The molecule has 1 amide bonds. The van der Waals surface area contributed by atoms with Crippen molar-refractivity contribution in [3.63, 3.8) is 0 Å². The molecule has 2 aromatic heterocycles. The van der Waals surface area contributed by atoms with Crippen molar-refractivity contribution in [2.45, 2.75) is 6.54 Å². The first kappa shape index (κ1) is 15.7. The summed E-state index contributed by atoms with van der Waals surface area (Å²) in [6.07, 6.45) is 1.61. The molecule has 118 valence electrons. The van der Waals surface area contributed by atoms with Crippen LogP contribution in [0.4, 0.5) is 4.39 Å². The number of methoxy groups -OCH3 is 1. The minimum absolute atomic E-state index is 0.259. The van der Waals surface area contributed by atoms with E-state index in [9.17, 15) is 9.18 Å². The van der Waals surface area contributed by atoms with Gasteiger partial charge in [-0.3, -0.25) is 4.79 Å². The van der Waals surface area contributed by atoms with Gasteiger partial charge in [-0.2, -0.15) is 0 Å². The second-order valence-electron chi connectivity index (χ2n) is 4.74. The van der Waals surface area contributed by atoms with E-state index >= 15 is 0 Å². The Morgan fingerprint density at radius 2 is 2.26 bits per heavy atom. The number of nitrogens with one attached hydrogen (secondary N) is 1. The van der Waals surface area contributed by atoms with Crippen LogP contribution in [-0.2, 0) is 6.54 Å². The van der Waals surface area contributed by atoms with Gasteiger partial charge in [-0.05, 0) is 24.3 Å². The fourth-order valence-electron chi connectivity index (χ4n) is 2.18. The van der Waals surface area contributed by atoms with E-state index in [1.54, 1.807) is 18.3 Å². The largest absolute Gasteiger partial charge is 0.481 e. The normalized spacial score (nSPS) is 10.7. The molecule has 2 heterocycles. The number of halogens is 2. The zero-order valence-corrected chi connectivity index (χ0v) is 13.7. The van der Waals surface area contributed by atoms with Gasteiger partial charge in [0.1, 0.15) is 10.7 Å². The first-order valence-electron chi connectivity index (χ1n) is 6.73. The average Bonchev–Trinajstić information content (AvgIpc) is 2.89. The number of nitrogens with zero attached hydrogens (tertiary/aromatic N) is 1. The molecular weight excluding hydrogens is 339 g/mol. The average molecular weight is 351 g/mol. The number of hydrogen-bond donors (Lipinski definition) is 1. The van der Waals surface area contributed by atoms with Gasteiger partial charge in [0.05, 0.1) is 12.1 Å². The van der Waals surface area contributed by atoms with Crippen LogP contribution in [-0.4, -0.2) is 18.0 Å². The Morgan fingerprint density at radius 3 is 3.04 bits per heavy atom. The Bertz CT molecular complexity index is 882. The lowest BCUT2D eigenvalue weighted by Gasteiger charge is -2.07. The molecule has 1 aromatic carbocycles. The fraction of sp³-hybridized carbons (Fsp3) is 0.125. The van der Waals surface area contributed by atoms with Crippen LogP contribution < -0.4 is 10.1 Å². The van der Waals surface area contributed by atoms with E-state index in [0.717, 1.165) is 16.9 Å². The summed E-state index contributed by atoms with van der Waals surface area (Å²) in [6, 6.07) is 7.84. The first-order valence-corrected chi connectivity index (χ1v) is 7.93. The quantitative estimate of drug-likeness (QED) is 0.773. The molecule has 7 heteroatoms. The van der Waals surface area contributed by atoms with Crippen LogP contribution in [0.15, 0.2) is 36.5 Å². The summed E-state index contributed by atoms with van der Waals surface area (Å²) < 4.78 is 19.1. The summed E-state index contributed by atoms with van der Waals surface area (Å²) in [7, 11) is 1.52. The third-order valence-electron chi connectivity index (χ3n) is 3.28. The van der Waals surface area contributed by atoms with E-state index in [0.29, 0.717) is 25.9 Å². The zero-order valence-electron chi connectivity index (χ0n) is 12.1. The number of rotatable bonds is 4. The molecule has 4 nitrogen and oxygen atoms in total. The SMILES string of the molecule is COc1ncccc1CNC(=O)c1sc2cc(F)ccc2c1Cl. The highest BCUT2D eigenvalue weighted by Crippen LogP contribution is 2.35. The van der Waals surface area contributed by atoms with Crippen molar-refractivity contribution in [1.82, 2.24) is 10.3 Å².